The van der Waals surface area contributed by atoms with Crippen LogP contribution in [0.1, 0.15) is 22.8 Å². The average molecular weight is 318 g/mol. The topological polar surface area (TPSA) is 75.3 Å². The van der Waals surface area contributed by atoms with Crippen LogP contribution < -0.4 is 10.0 Å². The third kappa shape index (κ3) is 3.72. The van der Waals surface area contributed by atoms with Crippen LogP contribution in [0.4, 0.5) is 5.69 Å². The highest BCUT2D eigenvalue weighted by Gasteiger charge is 2.14. The highest BCUT2D eigenvalue weighted by Crippen LogP contribution is 2.14. The molecule has 0 aliphatic carbocycles. The van der Waals surface area contributed by atoms with Gasteiger partial charge in [-0.2, -0.15) is 0 Å². The van der Waals surface area contributed by atoms with Crippen molar-refractivity contribution in [2.75, 3.05) is 12.4 Å². The molecule has 0 aliphatic rings. The minimum Gasteiger partial charge on any atom is -0.322 e. The molecular weight excluding hydrogens is 300 g/mol. The van der Waals surface area contributed by atoms with Crippen LogP contribution in [0.2, 0.25) is 0 Å². The highest BCUT2D eigenvalue weighted by molar-refractivity contribution is 7.89. The van der Waals surface area contributed by atoms with E-state index < -0.39 is 10.0 Å². The number of rotatable bonds is 5. The number of carbonyl (C=O) groups is 1. The molecule has 2 N–H and O–H groups in total. The van der Waals surface area contributed by atoms with Gasteiger partial charge in [-0.25, -0.2) is 13.1 Å². The van der Waals surface area contributed by atoms with Gasteiger partial charge in [-0.15, -0.1) is 0 Å². The van der Waals surface area contributed by atoms with E-state index in [1.165, 1.54) is 24.7 Å². The standard InChI is InChI=1S/C16H18N2O3S/c1-3-12-7-9-14(10-8-12)18-16(19)13-5-4-6-15(11-13)22(20,21)17-2/h4-11,17H,3H2,1-2H3,(H,18,19). The molecule has 0 bridgehead atoms. The van der Waals surface area contributed by atoms with Crippen molar-refractivity contribution in [2.45, 2.75) is 18.2 Å². The molecule has 2 rings (SSSR count). The molecule has 1 amide bonds. The van der Waals surface area contributed by atoms with Gasteiger partial charge in [-0.05, 0) is 49.4 Å². The molecule has 0 radical (unpaired) electrons. The van der Waals surface area contributed by atoms with E-state index in [0.29, 0.717) is 5.69 Å². The van der Waals surface area contributed by atoms with Gasteiger partial charge >= 0.3 is 0 Å². The fraction of sp³-hybridized carbons (Fsp3) is 0.188. The Morgan fingerprint density at radius 3 is 2.36 bits per heavy atom. The van der Waals surface area contributed by atoms with Gasteiger partial charge in [-0.1, -0.05) is 25.1 Å². The van der Waals surface area contributed by atoms with Gasteiger partial charge in [0.15, 0.2) is 0 Å². The predicted octanol–water partition coefficient (Wildman–Crippen LogP) is 2.41. The van der Waals surface area contributed by atoms with Gasteiger partial charge in [0.25, 0.3) is 5.91 Å². The number of hydrogen-bond donors (Lipinski definition) is 2. The summed E-state index contributed by atoms with van der Waals surface area (Å²) in [5, 5.41) is 2.75. The number of carbonyl (C=O) groups excluding carboxylic acids is 1. The Balaban J connectivity index is 2.20. The fourth-order valence-corrected chi connectivity index (χ4v) is 2.72. The van der Waals surface area contributed by atoms with Crippen molar-refractivity contribution < 1.29 is 13.2 Å². The summed E-state index contributed by atoms with van der Waals surface area (Å²) >= 11 is 0. The molecule has 0 heterocycles. The van der Waals surface area contributed by atoms with Crippen LogP contribution in [-0.4, -0.2) is 21.4 Å². The maximum Gasteiger partial charge on any atom is 0.255 e. The lowest BCUT2D eigenvalue weighted by atomic mass is 10.1. The van der Waals surface area contributed by atoms with Crippen molar-refractivity contribution in [3.05, 3.63) is 59.7 Å². The maximum atomic E-state index is 12.2. The summed E-state index contributed by atoms with van der Waals surface area (Å²) in [6.07, 6.45) is 0.929. The van der Waals surface area contributed by atoms with Crippen molar-refractivity contribution in [1.82, 2.24) is 4.72 Å². The van der Waals surface area contributed by atoms with Crippen molar-refractivity contribution in [3.63, 3.8) is 0 Å². The third-order valence-corrected chi connectivity index (χ3v) is 4.71. The van der Waals surface area contributed by atoms with E-state index in [1.54, 1.807) is 12.1 Å². The van der Waals surface area contributed by atoms with Crippen molar-refractivity contribution in [1.29, 1.82) is 0 Å². The zero-order valence-corrected chi connectivity index (χ0v) is 13.3. The van der Waals surface area contributed by atoms with Crippen molar-refractivity contribution in [3.8, 4) is 0 Å². The lowest BCUT2D eigenvalue weighted by Crippen LogP contribution is -2.19. The number of sulfonamides is 1. The van der Waals surface area contributed by atoms with Gasteiger partial charge in [0.1, 0.15) is 0 Å². The molecule has 0 spiro atoms. The van der Waals surface area contributed by atoms with Crippen LogP contribution in [0.3, 0.4) is 0 Å². The van der Waals surface area contributed by atoms with Gasteiger partial charge in [0.05, 0.1) is 4.90 Å². The zero-order chi connectivity index (χ0) is 16.2. The molecule has 2 aromatic rings. The predicted molar refractivity (Wildman–Crippen MR) is 86.5 cm³/mol. The zero-order valence-electron chi connectivity index (χ0n) is 12.5. The summed E-state index contributed by atoms with van der Waals surface area (Å²) < 4.78 is 25.8. The number of aryl methyl sites for hydroxylation is 1. The van der Waals surface area contributed by atoms with Gasteiger partial charge < -0.3 is 5.32 Å². The smallest absolute Gasteiger partial charge is 0.255 e. The Kier molecular flexibility index (Phi) is 4.95. The fourth-order valence-electron chi connectivity index (χ4n) is 1.95. The third-order valence-electron chi connectivity index (χ3n) is 3.30. The Labute approximate surface area is 130 Å². The van der Waals surface area contributed by atoms with Crippen molar-refractivity contribution in [2.24, 2.45) is 0 Å². The summed E-state index contributed by atoms with van der Waals surface area (Å²) in [5.41, 5.74) is 2.14. The Morgan fingerprint density at radius 2 is 1.77 bits per heavy atom. The van der Waals surface area contributed by atoms with Gasteiger partial charge in [-0.3, -0.25) is 4.79 Å². The van der Waals surface area contributed by atoms with Crippen LogP contribution in [0.25, 0.3) is 0 Å². The van der Waals surface area contributed by atoms with Gasteiger partial charge in [0, 0.05) is 11.3 Å². The summed E-state index contributed by atoms with van der Waals surface area (Å²) in [4.78, 5) is 12.3. The second-order valence-corrected chi connectivity index (χ2v) is 6.63. The summed E-state index contributed by atoms with van der Waals surface area (Å²) in [5.74, 6) is -0.350. The van der Waals surface area contributed by atoms with E-state index in [4.69, 9.17) is 0 Å². The number of amides is 1. The Hall–Kier alpha value is -2.18. The van der Waals surface area contributed by atoms with Crippen LogP contribution in [0.15, 0.2) is 53.4 Å². The second-order valence-electron chi connectivity index (χ2n) is 4.74. The first-order valence-corrected chi connectivity index (χ1v) is 8.38. The quantitative estimate of drug-likeness (QED) is 0.889. The molecule has 0 aliphatic heterocycles. The molecule has 116 valence electrons. The summed E-state index contributed by atoms with van der Waals surface area (Å²) in [6.45, 7) is 2.06. The molecular formula is C16H18N2O3S. The number of nitrogens with one attached hydrogen (secondary N) is 2. The lowest BCUT2D eigenvalue weighted by molar-refractivity contribution is 0.102. The molecule has 5 nitrogen and oxygen atoms in total. The van der Waals surface area contributed by atoms with E-state index >= 15 is 0 Å². The van der Waals surface area contributed by atoms with E-state index in [0.717, 1.165) is 6.42 Å². The molecule has 0 saturated carbocycles. The largest absolute Gasteiger partial charge is 0.322 e. The summed E-state index contributed by atoms with van der Waals surface area (Å²) in [6, 6.07) is 13.4. The average Bonchev–Trinajstić information content (AvgIpc) is 2.55. The Bertz CT molecular complexity index is 768. The molecule has 22 heavy (non-hydrogen) atoms. The number of benzene rings is 2. The molecule has 0 aromatic heterocycles. The number of anilines is 1. The number of hydrogen-bond acceptors (Lipinski definition) is 3. The minimum atomic E-state index is -3.57. The normalized spacial score (nSPS) is 11.2. The summed E-state index contributed by atoms with van der Waals surface area (Å²) in [7, 11) is -2.24. The minimum absolute atomic E-state index is 0.0592. The molecule has 0 fully saturated rings. The lowest BCUT2D eigenvalue weighted by Gasteiger charge is -2.08. The first-order valence-electron chi connectivity index (χ1n) is 6.90. The first-order chi connectivity index (χ1) is 10.5. The Morgan fingerprint density at radius 1 is 1.09 bits per heavy atom. The monoisotopic (exact) mass is 318 g/mol. The van der Waals surface area contributed by atoms with Crippen molar-refractivity contribution >= 4 is 21.6 Å². The van der Waals surface area contributed by atoms with E-state index in [-0.39, 0.29) is 16.4 Å². The SMILES string of the molecule is CCc1ccc(NC(=O)c2cccc(S(=O)(=O)NC)c2)cc1. The molecule has 0 unspecified atom stereocenters. The molecule has 0 atom stereocenters. The maximum absolute atomic E-state index is 12.2. The molecule has 0 saturated heterocycles. The second kappa shape index (κ2) is 6.72. The molecule has 6 heteroatoms. The van der Waals surface area contributed by atoms with E-state index in [1.807, 2.05) is 24.3 Å². The van der Waals surface area contributed by atoms with Gasteiger partial charge in [0.2, 0.25) is 10.0 Å². The van der Waals surface area contributed by atoms with Crippen LogP contribution in [0, 0.1) is 0 Å². The van der Waals surface area contributed by atoms with Crippen LogP contribution >= 0.6 is 0 Å². The highest BCUT2D eigenvalue weighted by atomic mass is 32.2. The first kappa shape index (κ1) is 16.2. The van der Waals surface area contributed by atoms with Crippen LogP contribution in [-0.2, 0) is 16.4 Å². The molecule has 2 aromatic carbocycles. The van der Waals surface area contributed by atoms with E-state index in [2.05, 4.69) is 17.0 Å². The van der Waals surface area contributed by atoms with E-state index in [9.17, 15) is 13.2 Å². The van der Waals surface area contributed by atoms with Crippen LogP contribution in [0.5, 0.6) is 0 Å².